The Hall–Kier alpha value is -4.57. The highest BCUT2D eigenvalue weighted by Crippen LogP contribution is 2.34. The molecule has 10 nitrogen and oxygen atoms in total. The largest absolute Gasteiger partial charge is 0.480 e. The SMILES string of the molecule is CCn1c(C(c2ccccc2)c2ccccc2)nc2nc(OC)c(C(=O)Nc3ncn(CCO)n3)cc21. The molecule has 0 bridgehead atoms. The van der Waals surface area contributed by atoms with Crippen LogP contribution in [0.2, 0.25) is 0 Å². The Balaban J connectivity index is 1.60. The highest BCUT2D eigenvalue weighted by molar-refractivity contribution is 6.06. The molecular weight excluding hydrogens is 470 g/mol. The van der Waals surface area contributed by atoms with Crippen LogP contribution in [-0.2, 0) is 13.1 Å². The summed E-state index contributed by atoms with van der Waals surface area (Å²) in [6.07, 6.45) is 1.44. The van der Waals surface area contributed by atoms with Gasteiger partial charge in [-0.2, -0.15) is 4.98 Å². The summed E-state index contributed by atoms with van der Waals surface area (Å²) in [5.74, 6) is 0.522. The smallest absolute Gasteiger partial charge is 0.263 e. The van der Waals surface area contributed by atoms with Crippen LogP contribution in [0.25, 0.3) is 11.2 Å². The molecule has 10 heteroatoms. The third-order valence-electron chi connectivity index (χ3n) is 6.10. The molecule has 0 atom stereocenters. The number of aromatic nitrogens is 6. The minimum atomic E-state index is -0.457. The van der Waals surface area contributed by atoms with Gasteiger partial charge in [0.1, 0.15) is 17.7 Å². The second-order valence-corrected chi connectivity index (χ2v) is 8.37. The fourth-order valence-electron chi connectivity index (χ4n) is 4.43. The number of aryl methyl sites for hydroxylation is 1. The lowest BCUT2D eigenvalue weighted by Crippen LogP contribution is -2.16. The number of methoxy groups -OCH3 is 1. The molecule has 1 amide bonds. The minimum Gasteiger partial charge on any atom is -0.480 e. The summed E-state index contributed by atoms with van der Waals surface area (Å²) < 4.78 is 8.99. The molecule has 0 radical (unpaired) electrons. The first-order chi connectivity index (χ1) is 18.1. The van der Waals surface area contributed by atoms with Crippen LogP contribution in [-0.4, -0.2) is 54.0 Å². The number of benzene rings is 2. The number of hydrogen-bond acceptors (Lipinski definition) is 7. The van der Waals surface area contributed by atoms with Crippen molar-refractivity contribution in [3.8, 4) is 5.88 Å². The Morgan fingerprint density at radius 3 is 2.32 bits per heavy atom. The lowest BCUT2D eigenvalue weighted by Gasteiger charge is -2.19. The number of fused-ring (bicyclic) bond motifs is 1. The zero-order chi connectivity index (χ0) is 25.8. The van der Waals surface area contributed by atoms with E-state index in [0.29, 0.717) is 12.2 Å². The number of nitrogens with zero attached hydrogens (tertiary/aromatic N) is 6. The lowest BCUT2D eigenvalue weighted by atomic mass is 9.90. The normalized spacial score (nSPS) is 11.2. The van der Waals surface area contributed by atoms with Gasteiger partial charge in [0.25, 0.3) is 5.91 Å². The second kappa shape index (κ2) is 10.6. The van der Waals surface area contributed by atoms with Gasteiger partial charge in [0, 0.05) is 6.54 Å². The standard InChI is InChI=1S/C27H27N7O3/c1-3-34-21-16-20(25(36)31-27-28-17-33(32-27)14-15-35)26(37-2)30-23(21)29-24(34)22(18-10-6-4-7-11-18)19-12-8-5-9-13-19/h4-13,16-17,22,35H,3,14-15H2,1-2H3,(H,31,32,36). The van der Waals surface area contributed by atoms with E-state index in [1.165, 1.54) is 18.1 Å². The molecule has 0 aliphatic heterocycles. The Kier molecular flexibility index (Phi) is 6.91. The molecule has 0 aliphatic rings. The van der Waals surface area contributed by atoms with E-state index in [4.69, 9.17) is 14.8 Å². The molecule has 37 heavy (non-hydrogen) atoms. The van der Waals surface area contributed by atoms with Crippen LogP contribution in [0.3, 0.4) is 0 Å². The van der Waals surface area contributed by atoms with E-state index in [1.54, 1.807) is 6.07 Å². The van der Waals surface area contributed by atoms with Gasteiger partial charge in [0.2, 0.25) is 11.8 Å². The van der Waals surface area contributed by atoms with Gasteiger partial charge in [-0.05, 0) is 24.1 Å². The fourth-order valence-corrected chi connectivity index (χ4v) is 4.43. The van der Waals surface area contributed by atoms with E-state index < -0.39 is 5.91 Å². The first-order valence-electron chi connectivity index (χ1n) is 12.0. The van der Waals surface area contributed by atoms with E-state index in [0.717, 1.165) is 22.5 Å². The van der Waals surface area contributed by atoms with Gasteiger partial charge >= 0.3 is 0 Å². The summed E-state index contributed by atoms with van der Waals surface area (Å²) in [4.78, 5) is 26.8. The zero-order valence-electron chi connectivity index (χ0n) is 20.6. The van der Waals surface area contributed by atoms with E-state index in [9.17, 15) is 4.79 Å². The topological polar surface area (TPSA) is 120 Å². The van der Waals surface area contributed by atoms with Crippen LogP contribution in [0, 0.1) is 0 Å². The maximum Gasteiger partial charge on any atom is 0.263 e. The van der Waals surface area contributed by atoms with Crippen molar-refractivity contribution < 1.29 is 14.6 Å². The van der Waals surface area contributed by atoms with Crippen molar-refractivity contribution >= 4 is 23.0 Å². The summed E-state index contributed by atoms with van der Waals surface area (Å²) in [6.45, 7) is 2.87. The average Bonchev–Trinajstić information content (AvgIpc) is 3.52. The van der Waals surface area contributed by atoms with Gasteiger partial charge in [-0.3, -0.25) is 10.1 Å². The van der Waals surface area contributed by atoms with Gasteiger partial charge in [-0.25, -0.2) is 14.6 Å². The number of pyridine rings is 1. The molecule has 3 aromatic heterocycles. The van der Waals surface area contributed by atoms with Crippen LogP contribution >= 0.6 is 0 Å². The van der Waals surface area contributed by atoms with Gasteiger partial charge in [0.15, 0.2) is 5.65 Å². The van der Waals surface area contributed by atoms with Crippen LogP contribution < -0.4 is 10.1 Å². The first kappa shape index (κ1) is 24.1. The monoisotopic (exact) mass is 497 g/mol. The predicted octanol–water partition coefficient (Wildman–Crippen LogP) is 3.48. The summed E-state index contributed by atoms with van der Waals surface area (Å²) >= 11 is 0. The molecule has 0 saturated carbocycles. The number of hydrogen-bond donors (Lipinski definition) is 2. The molecule has 0 fully saturated rings. The van der Waals surface area contributed by atoms with E-state index >= 15 is 0 Å². The lowest BCUT2D eigenvalue weighted by molar-refractivity contribution is 0.102. The van der Waals surface area contributed by atoms with Crippen LogP contribution in [0.15, 0.2) is 73.1 Å². The number of carbonyl (C=O) groups excluding carboxylic acids is 1. The fraction of sp³-hybridized carbons (Fsp3) is 0.222. The highest BCUT2D eigenvalue weighted by atomic mass is 16.5. The van der Waals surface area contributed by atoms with Gasteiger partial charge in [-0.1, -0.05) is 60.7 Å². The highest BCUT2D eigenvalue weighted by Gasteiger charge is 2.26. The third kappa shape index (κ3) is 4.78. The summed E-state index contributed by atoms with van der Waals surface area (Å²) in [5.41, 5.74) is 3.67. The molecule has 0 unspecified atom stereocenters. The minimum absolute atomic E-state index is 0.0819. The van der Waals surface area contributed by atoms with Gasteiger partial charge in [-0.15, -0.1) is 5.10 Å². The molecule has 2 aromatic carbocycles. The van der Waals surface area contributed by atoms with Crippen molar-refractivity contribution in [2.24, 2.45) is 0 Å². The van der Waals surface area contributed by atoms with E-state index in [-0.39, 0.29) is 36.5 Å². The van der Waals surface area contributed by atoms with E-state index in [2.05, 4.69) is 49.2 Å². The number of carbonyl (C=O) groups is 1. The maximum atomic E-state index is 13.2. The van der Waals surface area contributed by atoms with Crippen molar-refractivity contribution in [2.45, 2.75) is 25.9 Å². The molecule has 188 valence electrons. The number of aliphatic hydroxyl groups excluding tert-OH is 1. The maximum absolute atomic E-state index is 13.2. The first-order valence-corrected chi connectivity index (χ1v) is 12.0. The van der Waals surface area contributed by atoms with Crippen molar-refractivity contribution in [3.63, 3.8) is 0 Å². The number of anilines is 1. The summed E-state index contributed by atoms with van der Waals surface area (Å²) in [7, 11) is 1.47. The van der Waals surface area contributed by atoms with Crippen molar-refractivity contribution in [1.29, 1.82) is 0 Å². The third-order valence-corrected chi connectivity index (χ3v) is 6.10. The second-order valence-electron chi connectivity index (χ2n) is 8.37. The van der Waals surface area contributed by atoms with Gasteiger partial charge < -0.3 is 14.4 Å². The molecular formula is C27H27N7O3. The Labute approximate surface area is 213 Å². The Bertz CT molecular complexity index is 1470. The summed E-state index contributed by atoms with van der Waals surface area (Å²) in [5, 5.41) is 15.9. The average molecular weight is 498 g/mol. The molecule has 2 N–H and O–H groups in total. The van der Waals surface area contributed by atoms with Crippen LogP contribution in [0.5, 0.6) is 5.88 Å². The number of rotatable bonds is 9. The van der Waals surface area contributed by atoms with E-state index in [1.807, 2.05) is 43.3 Å². The molecule has 5 aromatic rings. The number of aliphatic hydroxyl groups is 1. The number of ether oxygens (including phenoxy) is 1. The molecule has 3 heterocycles. The Morgan fingerprint density at radius 1 is 1.05 bits per heavy atom. The predicted molar refractivity (Wildman–Crippen MR) is 139 cm³/mol. The quantitative estimate of drug-likeness (QED) is 0.320. The van der Waals surface area contributed by atoms with Crippen LogP contribution in [0.1, 0.15) is 40.2 Å². The molecule has 0 aliphatic carbocycles. The van der Waals surface area contributed by atoms with Gasteiger partial charge in [0.05, 0.1) is 31.7 Å². The molecule has 0 spiro atoms. The molecule has 0 saturated heterocycles. The number of imidazole rings is 1. The van der Waals surface area contributed by atoms with Crippen molar-refractivity contribution in [1.82, 2.24) is 29.3 Å². The Morgan fingerprint density at radius 2 is 1.73 bits per heavy atom. The number of amides is 1. The van der Waals surface area contributed by atoms with Crippen LogP contribution in [0.4, 0.5) is 5.95 Å². The zero-order valence-corrected chi connectivity index (χ0v) is 20.6. The molecule has 5 rings (SSSR count). The van der Waals surface area contributed by atoms with Crippen molar-refractivity contribution in [3.05, 3.63) is 95.6 Å². The summed E-state index contributed by atoms with van der Waals surface area (Å²) in [6, 6.07) is 22.2. The van der Waals surface area contributed by atoms with Crippen molar-refractivity contribution in [2.75, 3.05) is 19.0 Å². The number of nitrogens with one attached hydrogen (secondary N) is 1.